The van der Waals surface area contributed by atoms with E-state index in [0.717, 1.165) is 10.7 Å². The third kappa shape index (κ3) is 4.19. The van der Waals surface area contributed by atoms with Gasteiger partial charge in [0.25, 0.3) is 0 Å². The highest BCUT2D eigenvalue weighted by Gasteiger charge is 2.11. The smallest absolute Gasteiger partial charge is 0.151 e. The van der Waals surface area contributed by atoms with E-state index in [1.807, 2.05) is 19.2 Å². The highest BCUT2D eigenvalue weighted by Crippen LogP contribution is 2.16. The Morgan fingerprint density at radius 2 is 2.25 bits per heavy atom. The molecule has 0 spiro atoms. The monoisotopic (exact) mass is 262 g/mol. The molecule has 0 radical (unpaired) electrons. The summed E-state index contributed by atoms with van der Waals surface area (Å²) < 4.78 is 22.5. The minimum Gasteiger partial charge on any atom is -0.307 e. The lowest BCUT2D eigenvalue weighted by Gasteiger charge is -2.10. The highest BCUT2D eigenvalue weighted by atomic mass is 32.2. The topological polar surface area (TPSA) is 59.1 Å². The average molecular weight is 262 g/mol. The van der Waals surface area contributed by atoms with Crippen molar-refractivity contribution in [3.05, 3.63) is 16.1 Å². The lowest BCUT2D eigenvalue weighted by Crippen LogP contribution is -2.26. The maximum absolute atomic E-state index is 11.3. The number of sulfone groups is 1. The lowest BCUT2D eigenvalue weighted by molar-refractivity contribution is 0.571. The van der Waals surface area contributed by atoms with Crippen molar-refractivity contribution in [3.63, 3.8) is 0 Å². The number of hydrogen-bond acceptors (Lipinski definition) is 5. The maximum atomic E-state index is 11.3. The van der Waals surface area contributed by atoms with E-state index in [1.54, 1.807) is 18.3 Å². The minimum absolute atomic E-state index is 0.116. The van der Waals surface area contributed by atoms with Gasteiger partial charge in [-0.15, -0.1) is 11.3 Å². The van der Waals surface area contributed by atoms with Crippen molar-refractivity contribution in [2.45, 2.75) is 26.8 Å². The maximum Gasteiger partial charge on any atom is 0.151 e. The molecule has 0 saturated carbocycles. The van der Waals surface area contributed by atoms with Crippen molar-refractivity contribution in [2.75, 3.05) is 18.1 Å². The van der Waals surface area contributed by atoms with Crippen LogP contribution in [0.1, 0.15) is 30.6 Å². The van der Waals surface area contributed by atoms with Gasteiger partial charge in [-0.3, -0.25) is 0 Å². The van der Waals surface area contributed by atoms with E-state index in [4.69, 9.17) is 0 Å². The van der Waals surface area contributed by atoms with Crippen LogP contribution in [0.2, 0.25) is 0 Å². The Labute approximate surface area is 101 Å². The Kier molecular flexibility index (Phi) is 4.89. The molecule has 0 fully saturated rings. The van der Waals surface area contributed by atoms with E-state index < -0.39 is 9.84 Å². The van der Waals surface area contributed by atoms with Crippen LogP contribution >= 0.6 is 11.3 Å². The standard InChI is InChI=1S/C10H18N2O2S2/c1-4-16(13,14)6-5-11-9(3)10-12-8(2)7-15-10/h7,9,11H,4-6H2,1-3H3. The predicted molar refractivity (Wildman–Crippen MR) is 67.6 cm³/mol. The second kappa shape index (κ2) is 5.75. The Morgan fingerprint density at radius 1 is 1.56 bits per heavy atom. The quantitative estimate of drug-likeness (QED) is 0.845. The summed E-state index contributed by atoms with van der Waals surface area (Å²) in [7, 11) is -2.87. The fourth-order valence-electron chi connectivity index (χ4n) is 1.23. The van der Waals surface area contributed by atoms with E-state index in [1.165, 1.54) is 0 Å². The second-order valence-corrected chi connectivity index (χ2v) is 7.10. The van der Waals surface area contributed by atoms with Crippen molar-refractivity contribution in [1.29, 1.82) is 0 Å². The molecule has 0 amide bonds. The zero-order valence-electron chi connectivity index (χ0n) is 9.86. The number of aromatic nitrogens is 1. The number of rotatable bonds is 6. The molecule has 6 heteroatoms. The lowest BCUT2D eigenvalue weighted by atomic mass is 10.3. The summed E-state index contributed by atoms with van der Waals surface area (Å²) in [6.07, 6.45) is 0. The summed E-state index contributed by atoms with van der Waals surface area (Å²) in [6, 6.07) is 0.116. The van der Waals surface area contributed by atoms with Gasteiger partial charge >= 0.3 is 0 Å². The molecule has 0 aliphatic carbocycles. The van der Waals surface area contributed by atoms with E-state index >= 15 is 0 Å². The van der Waals surface area contributed by atoms with Crippen LogP contribution in [0.15, 0.2) is 5.38 Å². The molecular formula is C10H18N2O2S2. The van der Waals surface area contributed by atoms with Crippen LogP contribution in [0.5, 0.6) is 0 Å². The van der Waals surface area contributed by atoms with Crippen molar-refractivity contribution in [3.8, 4) is 0 Å². The summed E-state index contributed by atoms with van der Waals surface area (Å²) >= 11 is 1.60. The van der Waals surface area contributed by atoms with Gasteiger partial charge in [-0.25, -0.2) is 13.4 Å². The van der Waals surface area contributed by atoms with Crippen molar-refractivity contribution in [2.24, 2.45) is 0 Å². The first-order valence-electron chi connectivity index (χ1n) is 5.30. The van der Waals surface area contributed by atoms with Crippen LogP contribution in [-0.2, 0) is 9.84 Å². The van der Waals surface area contributed by atoms with Crippen molar-refractivity contribution in [1.82, 2.24) is 10.3 Å². The summed E-state index contributed by atoms with van der Waals surface area (Å²) in [5.74, 6) is 0.400. The van der Waals surface area contributed by atoms with Gasteiger partial charge in [-0.05, 0) is 13.8 Å². The van der Waals surface area contributed by atoms with Gasteiger partial charge in [-0.2, -0.15) is 0 Å². The number of nitrogens with zero attached hydrogens (tertiary/aromatic N) is 1. The van der Waals surface area contributed by atoms with Gasteiger partial charge in [0.05, 0.1) is 11.8 Å². The molecule has 0 saturated heterocycles. The third-order valence-corrected chi connectivity index (χ3v) is 5.16. The fourth-order valence-corrected chi connectivity index (χ4v) is 2.78. The number of hydrogen-bond donors (Lipinski definition) is 1. The number of thiazole rings is 1. The molecule has 1 unspecified atom stereocenters. The molecule has 1 aromatic heterocycles. The molecule has 1 heterocycles. The first-order valence-corrected chi connectivity index (χ1v) is 8.00. The van der Waals surface area contributed by atoms with Gasteiger partial charge in [0.15, 0.2) is 9.84 Å². The van der Waals surface area contributed by atoms with Gasteiger partial charge in [0, 0.05) is 23.4 Å². The average Bonchev–Trinajstić information content (AvgIpc) is 2.64. The van der Waals surface area contributed by atoms with Crippen molar-refractivity contribution < 1.29 is 8.42 Å². The summed E-state index contributed by atoms with van der Waals surface area (Å²) in [4.78, 5) is 4.35. The van der Waals surface area contributed by atoms with Crippen LogP contribution in [0, 0.1) is 6.92 Å². The summed E-state index contributed by atoms with van der Waals surface area (Å²) in [5, 5.41) is 6.17. The summed E-state index contributed by atoms with van der Waals surface area (Å²) in [5.41, 5.74) is 1.01. The predicted octanol–water partition coefficient (Wildman–Crippen LogP) is 1.54. The molecule has 16 heavy (non-hydrogen) atoms. The van der Waals surface area contributed by atoms with Crippen LogP contribution in [0.4, 0.5) is 0 Å². The third-order valence-electron chi connectivity index (χ3n) is 2.31. The van der Waals surface area contributed by atoms with Gasteiger partial charge in [0.1, 0.15) is 5.01 Å². The molecular weight excluding hydrogens is 244 g/mol. The fraction of sp³-hybridized carbons (Fsp3) is 0.700. The van der Waals surface area contributed by atoms with Crippen LogP contribution in [0.3, 0.4) is 0 Å². The van der Waals surface area contributed by atoms with Gasteiger partial charge in [-0.1, -0.05) is 6.92 Å². The Morgan fingerprint density at radius 3 is 2.75 bits per heavy atom. The number of nitrogens with one attached hydrogen (secondary N) is 1. The largest absolute Gasteiger partial charge is 0.307 e. The van der Waals surface area contributed by atoms with Gasteiger partial charge in [0.2, 0.25) is 0 Å². The molecule has 92 valence electrons. The van der Waals surface area contributed by atoms with Crippen LogP contribution in [0.25, 0.3) is 0 Å². The zero-order valence-corrected chi connectivity index (χ0v) is 11.5. The van der Waals surface area contributed by atoms with E-state index in [0.29, 0.717) is 6.54 Å². The van der Waals surface area contributed by atoms with Crippen LogP contribution < -0.4 is 5.32 Å². The number of aryl methyl sites for hydroxylation is 1. The second-order valence-electron chi connectivity index (χ2n) is 3.74. The molecule has 0 aliphatic heterocycles. The Hall–Kier alpha value is -0.460. The molecule has 1 aromatic rings. The summed E-state index contributed by atoms with van der Waals surface area (Å²) in [6.45, 7) is 6.10. The first-order chi connectivity index (χ1) is 7.44. The zero-order chi connectivity index (χ0) is 12.2. The van der Waals surface area contributed by atoms with E-state index in [-0.39, 0.29) is 17.5 Å². The SMILES string of the molecule is CCS(=O)(=O)CCNC(C)c1nc(C)cs1. The van der Waals surface area contributed by atoms with Crippen LogP contribution in [-0.4, -0.2) is 31.5 Å². The molecule has 0 bridgehead atoms. The molecule has 1 rings (SSSR count). The Bertz CT molecular complexity index is 426. The molecule has 1 atom stereocenters. The van der Waals surface area contributed by atoms with Crippen molar-refractivity contribution >= 4 is 21.2 Å². The Balaban J connectivity index is 2.39. The normalized spacial score (nSPS) is 13.9. The highest BCUT2D eigenvalue weighted by molar-refractivity contribution is 7.91. The molecule has 0 aromatic carbocycles. The minimum atomic E-state index is -2.87. The molecule has 4 nitrogen and oxygen atoms in total. The first kappa shape index (κ1) is 13.6. The molecule has 1 N–H and O–H groups in total. The van der Waals surface area contributed by atoms with E-state index in [9.17, 15) is 8.42 Å². The molecule has 0 aliphatic rings. The van der Waals surface area contributed by atoms with Gasteiger partial charge < -0.3 is 5.32 Å². The van der Waals surface area contributed by atoms with E-state index in [2.05, 4.69) is 10.3 Å².